The van der Waals surface area contributed by atoms with Crippen molar-refractivity contribution in [3.05, 3.63) is 93.8 Å². The number of furan rings is 1. The average Bonchev–Trinajstić information content (AvgIpc) is 3.33. The highest BCUT2D eigenvalue weighted by Gasteiger charge is 2.41. The molecule has 0 unspecified atom stereocenters. The first-order valence-corrected chi connectivity index (χ1v) is 10.7. The van der Waals surface area contributed by atoms with Crippen molar-refractivity contribution in [2.45, 2.75) is 25.8 Å². The van der Waals surface area contributed by atoms with Crippen LogP contribution in [0.5, 0.6) is 0 Å². The standard InChI is InChI=1S/C24H18F3NO3S/c1-14-5-10-19(15(2)12-14)20-21(32-13-18-4-3-11-31-18)23(30)28(22(20)29)17-8-6-16(7-9-17)24(25,26)27/h3-12H,13H2,1-2H3. The molecular formula is C24H18F3NO3S. The van der Waals surface area contributed by atoms with E-state index in [9.17, 15) is 22.8 Å². The molecule has 0 saturated heterocycles. The molecule has 0 bridgehead atoms. The first kappa shape index (κ1) is 22.0. The maximum Gasteiger partial charge on any atom is 0.416 e. The van der Waals surface area contributed by atoms with Gasteiger partial charge in [0.05, 0.1) is 33.7 Å². The third-order valence-corrected chi connectivity index (χ3v) is 6.18. The molecule has 1 aromatic heterocycles. The van der Waals surface area contributed by atoms with Crippen LogP contribution >= 0.6 is 11.8 Å². The van der Waals surface area contributed by atoms with Crippen molar-refractivity contribution in [1.29, 1.82) is 0 Å². The van der Waals surface area contributed by atoms with Crippen LogP contribution in [0.3, 0.4) is 0 Å². The summed E-state index contributed by atoms with van der Waals surface area (Å²) in [5, 5.41) is 0. The number of halogens is 3. The smallest absolute Gasteiger partial charge is 0.416 e. The minimum absolute atomic E-state index is 0.0869. The molecule has 4 nitrogen and oxygen atoms in total. The molecule has 0 atom stereocenters. The highest BCUT2D eigenvalue weighted by Crippen LogP contribution is 2.41. The molecule has 0 aliphatic carbocycles. The van der Waals surface area contributed by atoms with Gasteiger partial charge in [0.2, 0.25) is 0 Å². The predicted molar refractivity (Wildman–Crippen MR) is 117 cm³/mol. The number of rotatable bonds is 5. The van der Waals surface area contributed by atoms with Crippen LogP contribution in [0.4, 0.5) is 18.9 Å². The number of carbonyl (C=O) groups excluding carboxylic acids is 2. The monoisotopic (exact) mass is 457 g/mol. The van der Waals surface area contributed by atoms with Crippen LogP contribution in [0.1, 0.15) is 28.0 Å². The Kier molecular flexibility index (Phi) is 5.73. The molecule has 4 rings (SSSR count). The van der Waals surface area contributed by atoms with Crippen molar-refractivity contribution in [2.75, 3.05) is 4.90 Å². The summed E-state index contributed by atoms with van der Waals surface area (Å²) in [7, 11) is 0. The van der Waals surface area contributed by atoms with Crippen LogP contribution in [0, 0.1) is 13.8 Å². The van der Waals surface area contributed by atoms with E-state index in [0.717, 1.165) is 40.3 Å². The fourth-order valence-corrected chi connectivity index (χ4v) is 4.55. The van der Waals surface area contributed by atoms with Gasteiger partial charge in [-0.25, -0.2) is 4.90 Å². The van der Waals surface area contributed by atoms with Gasteiger partial charge in [-0.3, -0.25) is 9.59 Å². The molecule has 0 N–H and O–H groups in total. The van der Waals surface area contributed by atoms with Crippen molar-refractivity contribution in [3.8, 4) is 0 Å². The van der Waals surface area contributed by atoms with Crippen molar-refractivity contribution in [1.82, 2.24) is 0 Å². The van der Waals surface area contributed by atoms with Gasteiger partial charge >= 0.3 is 6.18 Å². The van der Waals surface area contributed by atoms with Gasteiger partial charge in [-0.2, -0.15) is 13.2 Å². The molecule has 3 aromatic rings. The Hall–Kier alpha value is -3.26. The van der Waals surface area contributed by atoms with E-state index < -0.39 is 23.6 Å². The van der Waals surface area contributed by atoms with Crippen LogP contribution in [0.25, 0.3) is 5.57 Å². The summed E-state index contributed by atoms with van der Waals surface area (Å²) in [6.07, 6.45) is -2.99. The van der Waals surface area contributed by atoms with Gasteiger partial charge in [0.15, 0.2) is 0 Å². The van der Waals surface area contributed by atoms with Gasteiger partial charge in [-0.05, 0) is 61.4 Å². The molecule has 0 spiro atoms. The van der Waals surface area contributed by atoms with Crippen LogP contribution in [0.2, 0.25) is 0 Å². The van der Waals surface area contributed by atoms with Gasteiger partial charge in [0.25, 0.3) is 11.8 Å². The van der Waals surface area contributed by atoms with Crippen LogP contribution in [-0.2, 0) is 21.5 Å². The van der Waals surface area contributed by atoms with Gasteiger partial charge in [-0.1, -0.05) is 23.8 Å². The number of anilines is 1. The molecule has 8 heteroatoms. The molecule has 0 radical (unpaired) electrons. The molecule has 2 heterocycles. The zero-order valence-electron chi connectivity index (χ0n) is 17.2. The summed E-state index contributed by atoms with van der Waals surface area (Å²) in [6.45, 7) is 3.77. The van der Waals surface area contributed by atoms with Gasteiger partial charge in [0, 0.05) is 0 Å². The summed E-state index contributed by atoms with van der Waals surface area (Å²) in [5.41, 5.74) is 1.92. The second kappa shape index (κ2) is 8.35. The van der Waals surface area contributed by atoms with E-state index in [-0.39, 0.29) is 16.2 Å². The lowest BCUT2D eigenvalue weighted by atomic mass is 9.98. The Morgan fingerprint density at radius 2 is 1.69 bits per heavy atom. The van der Waals surface area contributed by atoms with Crippen LogP contribution in [0.15, 0.2) is 70.2 Å². The van der Waals surface area contributed by atoms with Gasteiger partial charge < -0.3 is 4.42 Å². The van der Waals surface area contributed by atoms with E-state index in [4.69, 9.17) is 4.42 Å². The Morgan fingerprint density at radius 1 is 0.969 bits per heavy atom. The van der Waals surface area contributed by atoms with Crippen LogP contribution < -0.4 is 4.90 Å². The SMILES string of the molecule is Cc1ccc(C2=C(SCc3ccco3)C(=O)N(c3ccc(C(F)(F)F)cc3)C2=O)c(C)c1. The van der Waals surface area contributed by atoms with E-state index in [0.29, 0.717) is 17.1 Å². The molecule has 2 amide bonds. The molecule has 0 saturated carbocycles. The number of alkyl halides is 3. The maximum atomic E-state index is 13.4. The average molecular weight is 457 g/mol. The second-order valence-corrected chi connectivity index (χ2v) is 8.37. The number of aryl methyl sites for hydroxylation is 2. The zero-order chi connectivity index (χ0) is 23.0. The largest absolute Gasteiger partial charge is 0.468 e. The van der Waals surface area contributed by atoms with Crippen molar-refractivity contribution < 1.29 is 27.2 Å². The minimum atomic E-state index is -4.51. The normalized spacial score (nSPS) is 14.6. The number of imide groups is 1. The summed E-state index contributed by atoms with van der Waals surface area (Å²) in [6, 6.07) is 13.0. The quantitative estimate of drug-likeness (QED) is 0.432. The van der Waals surface area contributed by atoms with E-state index in [1.54, 1.807) is 18.2 Å². The van der Waals surface area contributed by atoms with E-state index in [1.807, 2.05) is 26.0 Å². The third kappa shape index (κ3) is 4.10. The molecular weight excluding hydrogens is 439 g/mol. The Bertz CT molecular complexity index is 1210. The summed E-state index contributed by atoms with van der Waals surface area (Å²) in [4.78, 5) is 27.9. The fraction of sp³-hybridized carbons (Fsp3) is 0.167. The van der Waals surface area contributed by atoms with E-state index >= 15 is 0 Å². The molecule has 32 heavy (non-hydrogen) atoms. The molecule has 164 valence electrons. The first-order valence-electron chi connectivity index (χ1n) is 9.70. The fourth-order valence-electron chi connectivity index (χ4n) is 3.55. The van der Waals surface area contributed by atoms with Crippen molar-refractivity contribution in [2.24, 2.45) is 0 Å². The highest BCUT2D eigenvalue weighted by atomic mass is 32.2. The van der Waals surface area contributed by atoms with E-state index in [2.05, 4.69) is 0 Å². The topological polar surface area (TPSA) is 50.5 Å². The Morgan fingerprint density at radius 3 is 2.28 bits per heavy atom. The third-order valence-electron chi connectivity index (χ3n) is 5.08. The molecule has 2 aromatic carbocycles. The molecule has 1 aliphatic heterocycles. The van der Waals surface area contributed by atoms with Crippen molar-refractivity contribution in [3.63, 3.8) is 0 Å². The number of carbonyl (C=O) groups is 2. The number of hydrogen-bond acceptors (Lipinski definition) is 4. The Labute approximate surface area is 186 Å². The van der Waals surface area contributed by atoms with Gasteiger partial charge in [-0.15, -0.1) is 11.8 Å². The number of nitrogens with zero attached hydrogens (tertiary/aromatic N) is 1. The lowest BCUT2D eigenvalue weighted by molar-refractivity contribution is -0.137. The predicted octanol–water partition coefficient (Wildman–Crippen LogP) is 6.13. The maximum absolute atomic E-state index is 13.4. The zero-order valence-corrected chi connectivity index (χ0v) is 18.0. The minimum Gasteiger partial charge on any atom is -0.468 e. The lowest BCUT2D eigenvalue weighted by Gasteiger charge is -2.16. The lowest BCUT2D eigenvalue weighted by Crippen LogP contribution is -2.31. The number of benzene rings is 2. The van der Waals surface area contributed by atoms with Crippen LogP contribution in [-0.4, -0.2) is 11.8 Å². The number of hydrogen-bond donors (Lipinski definition) is 0. The summed E-state index contributed by atoms with van der Waals surface area (Å²) >= 11 is 1.17. The Balaban J connectivity index is 1.75. The van der Waals surface area contributed by atoms with Gasteiger partial charge in [0.1, 0.15) is 5.76 Å². The molecule has 1 aliphatic rings. The number of amides is 2. The molecule has 0 fully saturated rings. The summed E-state index contributed by atoms with van der Waals surface area (Å²) < 4.78 is 44.2. The first-order chi connectivity index (χ1) is 15.2. The highest BCUT2D eigenvalue weighted by molar-refractivity contribution is 8.03. The number of thioether (sulfide) groups is 1. The summed E-state index contributed by atoms with van der Waals surface area (Å²) in [5.74, 6) is -0.169. The van der Waals surface area contributed by atoms with Crippen molar-refractivity contribution >= 4 is 34.8 Å². The second-order valence-electron chi connectivity index (χ2n) is 7.38. The van der Waals surface area contributed by atoms with E-state index in [1.165, 1.54) is 18.0 Å².